The molecular formula is C27H32N2O6. The predicted octanol–water partition coefficient (Wildman–Crippen LogP) is 1.88. The summed E-state index contributed by atoms with van der Waals surface area (Å²) in [6.45, 7) is 5.26. The van der Waals surface area contributed by atoms with Gasteiger partial charge in [0, 0.05) is 23.5 Å². The number of nitrogens with one attached hydrogen (secondary N) is 1. The Morgan fingerprint density at radius 3 is 2.34 bits per heavy atom. The van der Waals surface area contributed by atoms with Crippen LogP contribution >= 0.6 is 0 Å². The minimum absolute atomic E-state index is 0.0357. The lowest BCUT2D eigenvalue weighted by Crippen LogP contribution is -2.34. The lowest BCUT2D eigenvalue weighted by Gasteiger charge is -2.20. The summed E-state index contributed by atoms with van der Waals surface area (Å²) in [5.74, 6) is -1.32. The molecule has 0 bridgehead atoms. The Bertz CT molecular complexity index is 1300. The average molecular weight is 481 g/mol. The summed E-state index contributed by atoms with van der Waals surface area (Å²) in [5.41, 5.74) is 5.57. The van der Waals surface area contributed by atoms with Crippen LogP contribution in [0.4, 0.5) is 0 Å². The topological polar surface area (TPSA) is 121 Å². The summed E-state index contributed by atoms with van der Waals surface area (Å²) >= 11 is 0. The second-order valence-corrected chi connectivity index (χ2v) is 9.11. The van der Waals surface area contributed by atoms with E-state index in [-0.39, 0.29) is 29.4 Å². The molecule has 1 atom stereocenters. The molecule has 2 aromatic carbocycles. The molecule has 4 rings (SSSR count). The molecule has 3 aromatic rings. The number of aliphatic hydroxyl groups is 2. The number of pyridine rings is 1. The minimum Gasteiger partial charge on any atom is -0.506 e. The number of hydrogen-bond donors (Lipinski definition) is 4. The van der Waals surface area contributed by atoms with E-state index < -0.39 is 24.2 Å². The van der Waals surface area contributed by atoms with Crippen molar-refractivity contribution < 1.29 is 25.0 Å². The first kappa shape index (κ1) is 24.9. The van der Waals surface area contributed by atoms with E-state index in [9.17, 15) is 19.8 Å². The number of fused-ring (bicyclic) bond motifs is 2. The summed E-state index contributed by atoms with van der Waals surface area (Å²) in [5, 5.41) is 34.4. The summed E-state index contributed by atoms with van der Waals surface area (Å²) in [6.07, 6.45) is 2.88. The van der Waals surface area contributed by atoms with Crippen LogP contribution in [0.1, 0.15) is 53.3 Å². The highest BCUT2D eigenvalue weighted by molar-refractivity contribution is 5.89. The Kier molecular flexibility index (Phi) is 7.25. The number of aryl methyl sites for hydroxylation is 3. The molecule has 1 unspecified atom stereocenters. The highest BCUT2D eigenvalue weighted by Gasteiger charge is 2.25. The van der Waals surface area contributed by atoms with Crippen LogP contribution in [-0.2, 0) is 30.5 Å². The number of aromatic nitrogens is 1. The van der Waals surface area contributed by atoms with Crippen LogP contribution in [-0.4, -0.2) is 45.2 Å². The fourth-order valence-electron chi connectivity index (χ4n) is 4.99. The zero-order chi connectivity index (χ0) is 25.3. The van der Waals surface area contributed by atoms with Gasteiger partial charge in [0.1, 0.15) is 17.9 Å². The van der Waals surface area contributed by atoms with Crippen LogP contribution in [0.3, 0.4) is 0 Å². The lowest BCUT2D eigenvalue weighted by atomic mass is 9.97. The monoisotopic (exact) mass is 480 g/mol. The molecule has 186 valence electrons. The molecule has 8 nitrogen and oxygen atoms in total. The summed E-state index contributed by atoms with van der Waals surface area (Å²) in [7, 11) is 0. The standard InChI is InChI=1S/C27H32N2O6/c1-4-16-9-18-11-20(12-19(18)10-17(16)5-2)28-13-24(32)21-6-7-23(31)26-22(21)8-15(3)27(34)29(26)35-25(33)14-30/h6-10,20,24,28,30-32H,4-5,11-14H2,1-3H3. The van der Waals surface area contributed by atoms with Crippen LogP contribution in [0.25, 0.3) is 10.9 Å². The molecule has 0 aliphatic heterocycles. The zero-order valence-electron chi connectivity index (χ0n) is 20.3. The van der Waals surface area contributed by atoms with E-state index >= 15 is 0 Å². The van der Waals surface area contributed by atoms with Crippen LogP contribution in [0.2, 0.25) is 0 Å². The average Bonchev–Trinajstić information content (AvgIpc) is 3.26. The Hall–Kier alpha value is -3.20. The molecular weight excluding hydrogens is 448 g/mol. The second-order valence-electron chi connectivity index (χ2n) is 9.11. The zero-order valence-corrected chi connectivity index (χ0v) is 20.3. The summed E-state index contributed by atoms with van der Waals surface area (Å²) in [6, 6.07) is 9.33. The molecule has 0 amide bonds. The second kappa shape index (κ2) is 10.2. The fraction of sp³-hybridized carbons (Fsp3) is 0.407. The van der Waals surface area contributed by atoms with Gasteiger partial charge in [-0.2, -0.15) is 0 Å². The third-order valence-electron chi connectivity index (χ3n) is 6.81. The van der Waals surface area contributed by atoms with Gasteiger partial charge in [-0.15, -0.1) is 4.73 Å². The third kappa shape index (κ3) is 4.82. The molecule has 8 heteroatoms. The molecule has 1 heterocycles. The van der Waals surface area contributed by atoms with Crippen LogP contribution in [0.5, 0.6) is 5.75 Å². The van der Waals surface area contributed by atoms with Crippen molar-refractivity contribution in [1.29, 1.82) is 0 Å². The van der Waals surface area contributed by atoms with Gasteiger partial charge in [-0.05, 0) is 72.6 Å². The minimum atomic E-state index is -1.04. The lowest BCUT2D eigenvalue weighted by molar-refractivity contribution is -0.147. The van der Waals surface area contributed by atoms with Gasteiger partial charge in [0.2, 0.25) is 0 Å². The number of carbonyl (C=O) groups excluding carboxylic acids is 1. The molecule has 35 heavy (non-hydrogen) atoms. The van der Waals surface area contributed by atoms with Crippen molar-refractivity contribution in [1.82, 2.24) is 10.0 Å². The van der Waals surface area contributed by atoms with Crippen molar-refractivity contribution in [3.05, 3.63) is 74.1 Å². The Balaban J connectivity index is 1.58. The van der Waals surface area contributed by atoms with Gasteiger partial charge in [-0.1, -0.05) is 32.0 Å². The van der Waals surface area contributed by atoms with E-state index in [1.54, 1.807) is 19.1 Å². The quantitative estimate of drug-likeness (QED) is 0.388. The summed E-state index contributed by atoms with van der Waals surface area (Å²) in [4.78, 5) is 29.2. The number of carbonyl (C=O) groups is 1. The number of aromatic hydroxyl groups is 1. The van der Waals surface area contributed by atoms with E-state index in [1.165, 1.54) is 28.3 Å². The fourth-order valence-corrected chi connectivity index (χ4v) is 4.99. The van der Waals surface area contributed by atoms with E-state index in [2.05, 4.69) is 31.3 Å². The number of hydrogen-bond acceptors (Lipinski definition) is 7. The smallest absolute Gasteiger partial charge is 0.358 e. The maximum atomic E-state index is 12.6. The van der Waals surface area contributed by atoms with Crippen LogP contribution in [0.15, 0.2) is 35.1 Å². The molecule has 0 saturated carbocycles. The predicted molar refractivity (Wildman–Crippen MR) is 133 cm³/mol. The van der Waals surface area contributed by atoms with Gasteiger partial charge in [0.15, 0.2) is 0 Å². The van der Waals surface area contributed by atoms with Crippen LogP contribution < -0.4 is 15.7 Å². The number of benzene rings is 2. The van der Waals surface area contributed by atoms with E-state index in [4.69, 9.17) is 9.94 Å². The van der Waals surface area contributed by atoms with Crippen molar-refractivity contribution in [3.63, 3.8) is 0 Å². The normalized spacial score (nSPS) is 14.3. The molecule has 1 aromatic heterocycles. The van der Waals surface area contributed by atoms with Crippen molar-refractivity contribution in [2.24, 2.45) is 0 Å². The van der Waals surface area contributed by atoms with Crippen molar-refractivity contribution in [3.8, 4) is 5.75 Å². The van der Waals surface area contributed by atoms with Gasteiger partial charge >= 0.3 is 5.97 Å². The first-order valence-corrected chi connectivity index (χ1v) is 12.0. The number of rotatable bonds is 8. The molecule has 1 aliphatic rings. The van der Waals surface area contributed by atoms with Gasteiger partial charge < -0.3 is 25.5 Å². The largest absolute Gasteiger partial charge is 0.506 e. The number of nitrogens with zero attached hydrogens (tertiary/aromatic N) is 1. The highest BCUT2D eigenvalue weighted by atomic mass is 16.7. The van der Waals surface area contributed by atoms with Gasteiger partial charge in [0.05, 0.1) is 6.10 Å². The first-order chi connectivity index (χ1) is 16.8. The number of phenols is 1. The van der Waals surface area contributed by atoms with Gasteiger partial charge in [0.25, 0.3) is 5.56 Å². The van der Waals surface area contributed by atoms with Crippen molar-refractivity contribution in [2.45, 2.75) is 58.6 Å². The Labute approximate surface area is 203 Å². The molecule has 0 fully saturated rings. The summed E-state index contributed by atoms with van der Waals surface area (Å²) < 4.78 is 0.673. The number of aliphatic hydroxyl groups excluding tert-OH is 2. The molecule has 4 N–H and O–H groups in total. The van der Waals surface area contributed by atoms with Crippen molar-refractivity contribution in [2.75, 3.05) is 13.2 Å². The van der Waals surface area contributed by atoms with E-state index in [0.717, 1.165) is 25.7 Å². The molecule has 0 saturated heterocycles. The maximum absolute atomic E-state index is 12.6. The van der Waals surface area contributed by atoms with Crippen LogP contribution in [0, 0.1) is 6.92 Å². The van der Waals surface area contributed by atoms with Gasteiger partial charge in [-0.3, -0.25) is 4.79 Å². The SMILES string of the molecule is CCc1cc2c(cc1CC)CC(NCC(O)c1ccc(O)c3c1cc(C)c(=O)n3OC(=O)CO)C2. The van der Waals surface area contributed by atoms with Crippen molar-refractivity contribution >= 4 is 16.9 Å². The van der Waals surface area contributed by atoms with E-state index in [0.29, 0.717) is 15.7 Å². The third-order valence-corrected chi connectivity index (χ3v) is 6.81. The van der Waals surface area contributed by atoms with Gasteiger partial charge in [-0.25, -0.2) is 4.79 Å². The molecule has 0 spiro atoms. The molecule has 1 aliphatic carbocycles. The Morgan fingerprint density at radius 1 is 1.14 bits per heavy atom. The Morgan fingerprint density at radius 2 is 1.77 bits per heavy atom. The number of phenolic OH excluding ortho intramolecular Hbond substituents is 1. The van der Waals surface area contributed by atoms with E-state index in [1.807, 2.05) is 0 Å². The highest BCUT2D eigenvalue weighted by Crippen LogP contribution is 2.31. The maximum Gasteiger partial charge on any atom is 0.358 e. The molecule has 0 radical (unpaired) electrons. The first-order valence-electron chi connectivity index (χ1n) is 12.0.